The molecule has 11 rings (SSSR count). The Morgan fingerprint density at radius 3 is 1.49 bits per heavy atom. The molecule has 0 aliphatic heterocycles. The fourth-order valence-corrected chi connectivity index (χ4v) is 9.23. The number of anilines is 3. The van der Waals surface area contributed by atoms with Gasteiger partial charge in [0.2, 0.25) is 0 Å². The first-order valence-electron chi connectivity index (χ1n) is 20.4. The highest BCUT2D eigenvalue weighted by Gasteiger charge is 2.35. The number of para-hydroxylation sites is 1. The summed E-state index contributed by atoms with van der Waals surface area (Å²) in [5.41, 5.74) is 20.1. The summed E-state index contributed by atoms with van der Waals surface area (Å²) in [7, 11) is 0. The van der Waals surface area contributed by atoms with Crippen LogP contribution >= 0.6 is 0 Å². The maximum absolute atomic E-state index is 6.23. The van der Waals surface area contributed by atoms with Crippen LogP contribution in [0.15, 0.2) is 217 Å². The third-order valence-corrected chi connectivity index (χ3v) is 12.3. The van der Waals surface area contributed by atoms with E-state index in [0.717, 1.165) is 44.6 Å². The van der Waals surface area contributed by atoms with Crippen LogP contribution in [0.1, 0.15) is 25.0 Å². The van der Waals surface area contributed by atoms with E-state index in [-0.39, 0.29) is 5.41 Å². The van der Waals surface area contributed by atoms with Gasteiger partial charge in [-0.3, -0.25) is 0 Å². The predicted octanol–water partition coefficient (Wildman–Crippen LogP) is 16.0. The second-order valence-corrected chi connectivity index (χ2v) is 16.1. The molecule has 2 heteroatoms. The second kappa shape index (κ2) is 13.9. The van der Waals surface area contributed by atoms with Crippen LogP contribution in [-0.4, -0.2) is 0 Å². The van der Waals surface area contributed by atoms with E-state index in [1.54, 1.807) is 0 Å². The van der Waals surface area contributed by atoms with Crippen molar-refractivity contribution in [2.24, 2.45) is 0 Å². The number of hydrogen-bond donors (Lipinski definition) is 0. The predicted molar refractivity (Wildman–Crippen MR) is 248 cm³/mol. The number of nitrogens with zero attached hydrogens (tertiary/aromatic N) is 1. The van der Waals surface area contributed by atoms with Gasteiger partial charge in [-0.15, -0.1) is 0 Å². The first kappa shape index (κ1) is 34.8. The van der Waals surface area contributed by atoms with Crippen LogP contribution in [0.2, 0.25) is 0 Å². The molecule has 1 aliphatic rings. The maximum atomic E-state index is 6.23. The number of hydrogen-bond acceptors (Lipinski definition) is 2. The highest BCUT2D eigenvalue weighted by Crippen LogP contribution is 2.51. The highest BCUT2D eigenvalue weighted by atomic mass is 16.3. The van der Waals surface area contributed by atoms with Gasteiger partial charge in [-0.2, -0.15) is 0 Å². The molecule has 0 unspecified atom stereocenters. The smallest absolute Gasteiger partial charge is 0.136 e. The zero-order valence-electron chi connectivity index (χ0n) is 33.1. The number of rotatable bonds is 7. The number of furan rings is 1. The van der Waals surface area contributed by atoms with E-state index in [2.05, 4.69) is 219 Å². The molecule has 59 heavy (non-hydrogen) atoms. The van der Waals surface area contributed by atoms with Crippen molar-refractivity contribution in [2.45, 2.75) is 19.3 Å². The molecular weight excluding hydrogens is 715 g/mol. The molecule has 0 bridgehead atoms. The molecule has 0 atom stereocenters. The lowest BCUT2D eigenvalue weighted by molar-refractivity contribution is 0.660. The minimum Gasteiger partial charge on any atom is -0.456 e. The molecule has 0 spiro atoms. The van der Waals surface area contributed by atoms with Gasteiger partial charge in [-0.25, -0.2) is 0 Å². The summed E-state index contributed by atoms with van der Waals surface area (Å²) >= 11 is 0. The van der Waals surface area contributed by atoms with E-state index in [1.165, 1.54) is 61.2 Å². The van der Waals surface area contributed by atoms with Crippen molar-refractivity contribution in [1.29, 1.82) is 0 Å². The molecule has 0 fully saturated rings. The van der Waals surface area contributed by atoms with Crippen molar-refractivity contribution in [3.63, 3.8) is 0 Å². The SMILES string of the molecule is CC1(C)c2ccc(-c3ccc(N(c4ccc(-c5ccccc5)cc4)c4ccc(-c5cccc6oc7ccccc7c56)cc4)cc3)cc2-c2ccc(-c3ccccc3)cc21. The molecule has 0 radical (unpaired) electrons. The Bertz CT molecular complexity index is 3140. The fraction of sp³-hybridized carbons (Fsp3) is 0.0526. The van der Waals surface area contributed by atoms with Crippen LogP contribution in [0, 0.1) is 0 Å². The lowest BCUT2D eigenvalue weighted by atomic mass is 9.81. The Hall–Kier alpha value is -7.42. The molecule has 1 aliphatic carbocycles. The van der Waals surface area contributed by atoms with Gasteiger partial charge >= 0.3 is 0 Å². The Balaban J connectivity index is 0.958. The maximum Gasteiger partial charge on any atom is 0.136 e. The first-order chi connectivity index (χ1) is 29.0. The summed E-state index contributed by atoms with van der Waals surface area (Å²) in [5, 5.41) is 2.28. The van der Waals surface area contributed by atoms with Crippen molar-refractivity contribution in [3.8, 4) is 55.6 Å². The van der Waals surface area contributed by atoms with E-state index < -0.39 is 0 Å². The van der Waals surface area contributed by atoms with E-state index in [4.69, 9.17) is 4.42 Å². The third-order valence-electron chi connectivity index (χ3n) is 12.3. The van der Waals surface area contributed by atoms with Crippen molar-refractivity contribution in [2.75, 3.05) is 4.90 Å². The Morgan fingerprint density at radius 2 is 0.831 bits per heavy atom. The van der Waals surface area contributed by atoms with Gasteiger partial charge < -0.3 is 9.32 Å². The molecule has 0 saturated carbocycles. The normalized spacial score (nSPS) is 12.7. The average Bonchev–Trinajstić information content (AvgIpc) is 3.79. The van der Waals surface area contributed by atoms with E-state index in [9.17, 15) is 0 Å². The summed E-state index contributed by atoms with van der Waals surface area (Å²) in [6, 6.07) is 76.8. The van der Waals surface area contributed by atoms with E-state index in [0.29, 0.717) is 0 Å². The second-order valence-electron chi connectivity index (χ2n) is 16.1. The van der Waals surface area contributed by atoms with Gasteiger partial charge in [0, 0.05) is 33.2 Å². The van der Waals surface area contributed by atoms with Crippen LogP contribution in [-0.2, 0) is 5.41 Å². The molecule has 2 nitrogen and oxygen atoms in total. The van der Waals surface area contributed by atoms with Crippen LogP contribution in [0.5, 0.6) is 0 Å². The molecule has 280 valence electrons. The molecular formula is C57H41NO. The van der Waals surface area contributed by atoms with Gasteiger partial charge in [0.15, 0.2) is 0 Å². The first-order valence-corrected chi connectivity index (χ1v) is 20.4. The number of benzene rings is 9. The largest absolute Gasteiger partial charge is 0.456 e. The minimum atomic E-state index is -0.0806. The lowest BCUT2D eigenvalue weighted by Crippen LogP contribution is -2.15. The molecule has 0 amide bonds. The summed E-state index contributed by atoms with van der Waals surface area (Å²) < 4.78 is 6.23. The Labute approximate surface area is 345 Å². The van der Waals surface area contributed by atoms with Crippen LogP contribution in [0.4, 0.5) is 17.1 Å². The van der Waals surface area contributed by atoms with Crippen LogP contribution in [0.25, 0.3) is 77.6 Å². The quantitative estimate of drug-likeness (QED) is 0.161. The molecule has 1 heterocycles. The summed E-state index contributed by atoms with van der Waals surface area (Å²) in [6.45, 7) is 4.71. The third kappa shape index (κ3) is 5.96. The standard InChI is InChI=1S/C57H41NO/c1-57(2)52-35-27-43(36-51(52)49-34-26-44(37-53(49)57)39-14-7-4-8-15-39)41-22-30-46(31-23-41)58(45-28-20-40(21-29-45)38-12-5-3-6-13-38)47-32-24-42(25-33-47)48-17-11-19-55-56(48)50-16-9-10-18-54(50)59-55/h3-37H,1-2H3. The van der Waals surface area contributed by atoms with Gasteiger partial charge in [0.25, 0.3) is 0 Å². The van der Waals surface area contributed by atoms with Gasteiger partial charge in [-0.1, -0.05) is 166 Å². The van der Waals surface area contributed by atoms with Gasteiger partial charge in [0.1, 0.15) is 11.2 Å². The monoisotopic (exact) mass is 755 g/mol. The topological polar surface area (TPSA) is 16.4 Å². The molecule has 9 aromatic carbocycles. The zero-order chi connectivity index (χ0) is 39.5. The lowest BCUT2D eigenvalue weighted by Gasteiger charge is -2.26. The fourth-order valence-electron chi connectivity index (χ4n) is 9.23. The van der Waals surface area contributed by atoms with Crippen molar-refractivity contribution in [1.82, 2.24) is 0 Å². The molecule has 0 saturated heterocycles. The summed E-state index contributed by atoms with van der Waals surface area (Å²) in [5.74, 6) is 0. The zero-order valence-corrected chi connectivity index (χ0v) is 33.1. The summed E-state index contributed by atoms with van der Waals surface area (Å²) in [6.07, 6.45) is 0. The number of fused-ring (bicyclic) bond motifs is 6. The Kier molecular flexibility index (Phi) is 8.20. The van der Waals surface area contributed by atoms with Crippen LogP contribution < -0.4 is 4.90 Å². The van der Waals surface area contributed by atoms with Crippen molar-refractivity contribution >= 4 is 39.0 Å². The molecule has 0 N–H and O–H groups in total. The minimum absolute atomic E-state index is 0.0806. The summed E-state index contributed by atoms with van der Waals surface area (Å²) in [4.78, 5) is 2.35. The van der Waals surface area contributed by atoms with Crippen molar-refractivity contribution in [3.05, 3.63) is 223 Å². The Morgan fingerprint density at radius 1 is 0.339 bits per heavy atom. The van der Waals surface area contributed by atoms with Crippen molar-refractivity contribution < 1.29 is 4.42 Å². The van der Waals surface area contributed by atoms with E-state index >= 15 is 0 Å². The van der Waals surface area contributed by atoms with Gasteiger partial charge in [-0.05, 0) is 127 Å². The molecule has 10 aromatic rings. The van der Waals surface area contributed by atoms with Crippen LogP contribution in [0.3, 0.4) is 0 Å². The highest BCUT2D eigenvalue weighted by molar-refractivity contribution is 6.12. The average molecular weight is 756 g/mol. The van der Waals surface area contributed by atoms with E-state index in [1.807, 2.05) is 12.1 Å². The van der Waals surface area contributed by atoms with Gasteiger partial charge in [0.05, 0.1) is 0 Å². The molecule has 1 aromatic heterocycles.